The fourth-order valence-corrected chi connectivity index (χ4v) is 2.71. The highest BCUT2D eigenvalue weighted by molar-refractivity contribution is 6.29. The monoisotopic (exact) mass is 477 g/mol. The molecule has 33 heavy (non-hydrogen) atoms. The molecule has 9 nitrogen and oxygen atoms in total. The van der Waals surface area contributed by atoms with Crippen LogP contribution < -0.4 is 16.4 Å². The van der Waals surface area contributed by atoms with Gasteiger partial charge in [-0.15, -0.1) is 10.2 Å². The summed E-state index contributed by atoms with van der Waals surface area (Å²) in [5.74, 6) is -1.72. The molecule has 0 fully saturated rings. The second kappa shape index (κ2) is 13.0. The summed E-state index contributed by atoms with van der Waals surface area (Å²) in [5, 5.41) is 12.5. The van der Waals surface area contributed by atoms with E-state index in [9.17, 15) is 18.4 Å². The molecule has 0 bridgehead atoms. The number of anilines is 2. The molecule has 4 N–H and O–H groups in total. The van der Waals surface area contributed by atoms with Gasteiger partial charge in [-0.2, -0.15) is 0 Å². The number of hydrogen-bond acceptors (Lipinski definition) is 7. The lowest BCUT2D eigenvalue weighted by Crippen LogP contribution is -2.44. The molecule has 0 spiro atoms. The molecule has 0 aliphatic carbocycles. The van der Waals surface area contributed by atoms with Gasteiger partial charge in [-0.1, -0.05) is 24.9 Å². The van der Waals surface area contributed by atoms with Gasteiger partial charge in [-0.3, -0.25) is 9.59 Å². The first kappa shape index (κ1) is 25.5. The van der Waals surface area contributed by atoms with Crippen LogP contribution in [0.5, 0.6) is 0 Å². The van der Waals surface area contributed by atoms with Crippen molar-refractivity contribution in [2.24, 2.45) is 0 Å². The number of aromatic nitrogens is 4. The van der Waals surface area contributed by atoms with E-state index in [2.05, 4.69) is 30.8 Å². The predicted octanol–water partition coefficient (Wildman–Crippen LogP) is 2.93. The van der Waals surface area contributed by atoms with Crippen molar-refractivity contribution in [2.75, 3.05) is 11.1 Å². The second-order valence-electron chi connectivity index (χ2n) is 6.73. The Morgan fingerprint density at radius 1 is 1.12 bits per heavy atom. The largest absolute Gasteiger partial charge is 0.382 e. The van der Waals surface area contributed by atoms with E-state index in [-0.39, 0.29) is 12.0 Å². The Balaban J connectivity index is 0.000000405. The molecule has 2 amide bonds. The minimum absolute atomic E-state index is 0.196. The number of carbonyl (C=O) groups excluding carboxylic acids is 2. The Morgan fingerprint density at radius 2 is 1.85 bits per heavy atom. The van der Waals surface area contributed by atoms with E-state index in [1.165, 1.54) is 18.6 Å². The quantitative estimate of drug-likeness (QED) is 0.476. The van der Waals surface area contributed by atoms with E-state index in [0.717, 1.165) is 18.2 Å². The summed E-state index contributed by atoms with van der Waals surface area (Å²) in [6, 6.07) is 6.83. The molecule has 1 atom stereocenters. The molecule has 3 aromatic rings. The molecule has 0 saturated heterocycles. The first-order valence-electron chi connectivity index (χ1n) is 9.82. The standard InChI is InChI=1S/C17H18F2N4O2.C4H4ClN3/c1-2-3-14(17(25)23-15-4-5-20-10-21-15)22-16(24)8-11-6-12(18)9-13(19)7-11;5-3-1-2-4(6)8-7-3/h4-7,9-10,14H,2-3,8H2,1H3,(H,22,24)(H,20,21,23,25);1-2H,(H2,6,8). The number of benzene rings is 1. The van der Waals surface area contributed by atoms with Crippen molar-refractivity contribution in [3.63, 3.8) is 0 Å². The number of nitrogens with one attached hydrogen (secondary N) is 2. The lowest BCUT2D eigenvalue weighted by atomic mass is 10.1. The van der Waals surface area contributed by atoms with Crippen LogP contribution in [0.1, 0.15) is 25.3 Å². The SMILES string of the molecule is CCCC(NC(=O)Cc1cc(F)cc(F)c1)C(=O)Nc1ccncn1.Nc1ccc(Cl)nn1. The van der Waals surface area contributed by atoms with E-state index in [0.29, 0.717) is 29.6 Å². The third kappa shape index (κ3) is 9.52. The number of nitrogens with zero attached hydrogens (tertiary/aromatic N) is 4. The summed E-state index contributed by atoms with van der Waals surface area (Å²) in [5.41, 5.74) is 5.39. The summed E-state index contributed by atoms with van der Waals surface area (Å²) in [6.07, 6.45) is 3.63. The summed E-state index contributed by atoms with van der Waals surface area (Å²) in [6.45, 7) is 1.87. The number of halogens is 3. The summed E-state index contributed by atoms with van der Waals surface area (Å²) in [7, 11) is 0. The van der Waals surface area contributed by atoms with Crippen LogP contribution in [0.15, 0.2) is 48.9 Å². The molecule has 2 aromatic heterocycles. The van der Waals surface area contributed by atoms with E-state index >= 15 is 0 Å². The van der Waals surface area contributed by atoms with Gasteiger partial charge in [0.1, 0.15) is 35.6 Å². The van der Waals surface area contributed by atoms with Crippen molar-refractivity contribution in [3.05, 3.63) is 71.3 Å². The van der Waals surface area contributed by atoms with Gasteiger partial charge in [0.25, 0.3) is 0 Å². The van der Waals surface area contributed by atoms with Gasteiger partial charge in [-0.05, 0) is 42.3 Å². The second-order valence-corrected chi connectivity index (χ2v) is 7.12. The third-order valence-electron chi connectivity index (χ3n) is 4.00. The molecule has 12 heteroatoms. The molecule has 0 aliphatic heterocycles. The van der Waals surface area contributed by atoms with Crippen LogP contribution in [0.2, 0.25) is 5.15 Å². The summed E-state index contributed by atoms with van der Waals surface area (Å²) >= 11 is 5.38. The number of carbonyl (C=O) groups is 2. The van der Waals surface area contributed by atoms with Crippen LogP contribution in [-0.2, 0) is 16.0 Å². The molecular weight excluding hydrogens is 456 g/mol. The van der Waals surface area contributed by atoms with Crippen molar-refractivity contribution in [1.82, 2.24) is 25.5 Å². The van der Waals surface area contributed by atoms with Crippen LogP contribution in [0.25, 0.3) is 0 Å². The Morgan fingerprint density at radius 3 is 2.39 bits per heavy atom. The van der Waals surface area contributed by atoms with Gasteiger partial charge in [0.2, 0.25) is 11.8 Å². The van der Waals surface area contributed by atoms with Gasteiger partial charge < -0.3 is 16.4 Å². The number of hydrogen-bond donors (Lipinski definition) is 3. The highest BCUT2D eigenvalue weighted by Crippen LogP contribution is 2.10. The van der Waals surface area contributed by atoms with Gasteiger partial charge in [-0.25, -0.2) is 18.7 Å². The van der Waals surface area contributed by atoms with E-state index in [1.54, 1.807) is 12.1 Å². The predicted molar refractivity (Wildman–Crippen MR) is 119 cm³/mol. The zero-order valence-electron chi connectivity index (χ0n) is 17.6. The highest BCUT2D eigenvalue weighted by Gasteiger charge is 2.20. The Hall–Kier alpha value is -3.73. The normalized spacial score (nSPS) is 11.0. The van der Waals surface area contributed by atoms with Crippen LogP contribution >= 0.6 is 11.6 Å². The maximum Gasteiger partial charge on any atom is 0.248 e. The molecule has 0 saturated carbocycles. The molecule has 2 heterocycles. The van der Waals surface area contributed by atoms with Crippen molar-refractivity contribution in [3.8, 4) is 0 Å². The fourth-order valence-electron chi connectivity index (χ4n) is 2.61. The molecule has 3 rings (SSSR count). The topological polar surface area (TPSA) is 136 Å². The van der Waals surface area contributed by atoms with Crippen LogP contribution in [-0.4, -0.2) is 38.0 Å². The van der Waals surface area contributed by atoms with Crippen LogP contribution in [0.3, 0.4) is 0 Å². The van der Waals surface area contributed by atoms with E-state index in [1.807, 2.05) is 6.92 Å². The molecule has 1 aromatic carbocycles. The summed E-state index contributed by atoms with van der Waals surface area (Å²) < 4.78 is 26.4. The molecule has 0 radical (unpaired) electrons. The van der Waals surface area contributed by atoms with Crippen molar-refractivity contribution >= 4 is 35.1 Å². The Kier molecular flexibility index (Phi) is 10.0. The maximum atomic E-state index is 13.2. The van der Waals surface area contributed by atoms with Crippen LogP contribution in [0.4, 0.5) is 20.4 Å². The van der Waals surface area contributed by atoms with Gasteiger partial charge in [0, 0.05) is 12.3 Å². The molecule has 0 aliphatic rings. The number of rotatable bonds is 7. The highest BCUT2D eigenvalue weighted by atomic mass is 35.5. The lowest BCUT2D eigenvalue weighted by molar-refractivity contribution is -0.126. The smallest absolute Gasteiger partial charge is 0.248 e. The average Bonchev–Trinajstić information content (AvgIpc) is 2.76. The zero-order valence-corrected chi connectivity index (χ0v) is 18.4. The number of nitrogens with two attached hydrogens (primary N) is 1. The van der Waals surface area contributed by atoms with Gasteiger partial charge in [0.15, 0.2) is 5.15 Å². The number of amides is 2. The zero-order chi connectivity index (χ0) is 24.2. The van der Waals surface area contributed by atoms with Gasteiger partial charge in [0.05, 0.1) is 6.42 Å². The molecule has 1 unspecified atom stereocenters. The van der Waals surface area contributed by atoms with E-state index < -0.39 is 29.5 Å². The summed E-state index contributed by atoms with van der Waals surface area (Å²) in [4.78, 5) is 32.0. The van der Waals surface area contributed by atoms with Gasteiger partial charge >= 0.3 is 0 Å². The van der Waals surface area contributed by atoms with E-state index in [4.69, 9.17) is 17.3 Å². The fraction of sp³-hybridized carbons (Fsp3) is 0.238. The maximum absolute atomic E-state index is 13.2. The molecule has 174 valence electrons. The third-order valence-corrected chi connectivity index (χ3v) is 4.20. The first-order chi connectivity index (χ1) is 15.8. The lowest BCUT2D eigenvalue weighted by Gasteiger charge is -2.17. The Bertz CT molecular complexity index is 1010. The average molecular weight is 478 g/mol. The van der Waals surface area contributed by atoms with Crippen LogP contribution in [0, 0.1) is 11.6 Å². The minimum atomic E-state index is -0.772. The van der Waals surface area contributed by atoms with Crippen molar-refractivity contribution in [2.45, 2.75) is 32.2 Å². The minimum Gasteiger partial charge on any atom is -0.382 e. The van der Waals surface area contributed by atoms with Crippen molar-refractivity contribution in [1.29, 1.82) is 0 Å². The number of nitrogen functional groups attached to an aromatic ring is 1. The molecular formula is C21H22ClF2N7O2. The van der Waals surface area contributed by atoms with Crippen molar-refractivity contribution < 1.29 is 18.4 Å². The Labute approximate surface area is 193 Å². The first-order valence-corrected chi connectivity index (χ1v) is 10.2.